The maximum atomic E-state index is 12.1. The molecule has 0 unspecified atom stereocenters. The average Bonchev–Trinajstić information content (AvgIpc) is 2.73. The Balaban J connectivity index is 1.59. The van der Waals surface area contributed by atoms with Crippen LogP contribution in [-0.2, 0) is 9.59 Å². The third-order valence-corrected chi connectivity index (χ3v) is 4.36. The van der Waals surface area contributed by atoms with Crippen LogP contribution in [0.3, 0.4) is 0 Å². The Morgan fingerprint density at radius 2 is 1.15 bits per heavy atom. The fourth-order valence-electron chi connectivity index (χ4n) is 3.02. The minimum absolute atomic E-state index is 0.157. The largest absolute Gasteiger partial charge is 0.348 e. The molecule has 0 spiro atoms. The van der Waals surface area contributed by atoms with Gasteiger partial charge in [-0.3, -0.25) is 9.59 Å². The van der Waals surface area contributed by atoms with E-state index in [4.69, 9.17) is 0 Å². The first-order valence-electron chi connectivity index (χ1n) is 8.98. The van der Waals surface area contributed by atoms with Gasteiger partial charge in [0, 0.05) is 18.2 Å². The first kappa shape index (κ1) is 18.4. The minimum Gasteiger partial charge on any atom is -0.348 e. The van der Waals surface area contributed by atoms with Crippen molar-refractivity contribution in [3.63, 3.8) is 0 Å². The Bertz CT molecular complexity index is 825. The van der Waals surface area contributed by atoms with Gasteiger partial charge in [-0.2, -0.15) is 0 Å². The van der Waals surface area contributed by atoms with Crippen LogP contribution < -0.4 is 10.6 Å². The molecule has 0 saturated carbocycles. The van der Waals surface area contributed by atoms with Gasteiger partial charge in [0.15, 0.2) is 0 Å². The molecule has 0 radical (unpaired) electrons. The molecule has 27 heavy (non-hydrogen) atoms. The second kappa shape index (κ2) is 9.34. The molecule has 4 heteroatoms. The molecule has 0 aliphatic carbocycles. The molecular formula is C23H22N2O2. The standard InChI is InChI=1S/C23H22N2O2/c26-22(23(27)25-20-14-8-3-9-15-20)24-17-16-21(18-10-4-1-5-11-18)19-12-6-2-7-13-19/h1-15,21H,16-17H2,(H,24,26)(H,25,27). The molecule has 2 amide bonds. The van der Waals surface area contributed by atoms with Crippen molar-refractivity contribution < 1.29 is 9.59 Å². The van der Waals surface area contributed by atoms with Crippen LogP contribution in [0.5, 0.6) is 0 Å². The number of para-hydroxylation sites is 1. The molecule has 0 aliphatic heterocycles. The van der Waals surface area contributed by atoms with Crippen LogP contribution in [0.4, 0.5) is 5.69 Å². The van der Waals surface area contributed by atoms with Gasteiger partial charge in [-0.1, -0.05) is 78.9 Å². The van der Waals surface area contributed by atoms with E-state index in [2.05, 4.69) is 34.9 Å². The van der Waals surface area contributed by atoms with Gasteiger partial charge in [0.25, 0.3) is 0 Å². The number of rotatable bonds is 6. The molecule has 3 aromatic carbocycles. The van der Waals surface area contributed by atoms with Crippen molar-refractivity contribution in [2.45, 2.75) is 12.3 Å². The molecule has 2 N–H and O–H groups in total. The van der Waals surface area contributed by atoms with Gasteiger partial charge >= 0.3 is 11.8 Å². The highest BCUT2D eigenvalue weighted by molar-refractivity contribution is 6.39. The summed E-state index contributed by atoms with van der Waals surface area (Å²) in [5.74, 6) is -1.12. The molecule has 3 rings (SSSR count). The van der Waals surface area contributed by atoms with Crippen LogP contribution in [0.25, 0.3) is 0 Å². The SMILES string of the molecule is O=C(NCCC(c1ccccc1)c1ccccc1)C(=O)Nc1ccccc1. The summed E-state index contributed by atoms with van der Waals surface area (Å²) in [6.45, 7) is 0.412. The van der Waals surface area contributed by atoms with Crippen LogP contribution in [0.2, 0.25) is 0 Å². The first-order chi connectivity index (χ1) is 13.2. The summed E-state index contributed by atoms with van der Waals surface area (Å²) in [6.07, 6.45) is 0.707. The highest BCUT2D eigenvalue weighted by Crippen LogP contribution is 2.27. The normalized spacial score (nSPS) is 10.4. The lowest BCUT2D eigenvalue weighted by molar-refractivity contribution is -0.136. The van der Waals surface area contributed by atoms with Crippen molar-refractivity contribution >= 4 is 17.5 Å². The Morgan fingerprint density at radius 3 is 1.67 bits per heavy atom. The lowest BCUT2D eigenvalue weighted by Gasteiger charge is -2.18. The Morgan fingerprint density at radius 1 is 0.667 bits per heavy atom. The van der Waals surface area contributed by atoms with Gasteiger partial charge in [-0.15, -0.1) is 0 Å². The molecule has 0 heterocycles. The van der Waals surface area contributed by atoms with E-state index in [1.807, 2.05) is 42.5 Å². The summed E-state index contributed by atoms with van der Waals surface area (Å²) in [7, 11) is 0. The highest BCUT2D eigenvalue weighted by atomic mass is 16.2. The fraction of sp³-hybridized carbons (Fsp3) is 0.130. The van der Waals surface area contributed by atoms with Crippen LogP contribution in [0.15, 0.2) is 91.0 Å². The molecule has 136 valence electrons. The van der Waals surface area contributed by atoms with E-state index in [-0.39, 0.29) is 5.92 Å². The summed E-state index contributed by atoms with van der Waals surface area (Å²) in [5.41, 5.74) is 2.97. The molecule has 4 nitrogen and oxygen atoms in total. The minimum atomic E-state index is -0.655. The highest BCUT2D eigenvalue weighted by Gasteiger charge is 2.16. The zero-order valence-electron chi connectivity index (χ0n) is 15.0. The lowest BCUT2D eigenvalue weighted by Crippen LogP contribution is -2.36. The van der Waals surface area contributed by atoms with Crippen LogP contribution in [-0.4, -0.2) is 18.4 Å². The molecular weight excluding hydrogens is 336 g/mol. The van der Waals surface area contributed by atoms with E-state index in [9.17, 15) is 9.59 Å². The summed E-state index contributed by atoms with van der Waals surface area (Å²) < 4.78 is 0. The second-order valence-corrected chi connectivity index (χ2v) is 6.24. The van der Waals surface area contributed by atoms with Crippen molar-refractivity contribution in [3.05, 3.63) is 102 Å². The van der Waals surface area contributed by atoms with E-state index in [1.54, 1.807) is 24.3 Å². The maximum Gasteiger partial charge on any atom is 0.313 e. The van der Waals surface area contributed by atoms with E-state index in [0.29, 0.717) is 18.7 Å². The number of amides is 2. The lowest BCUT2D eigenvalue weighted by atomic mass is 9.88. The van der Waals surface area contributed by atoms with Crippen molar-refractivity contribution in [1.82, 2.24) is 5.32 Å². The average molecular weight is 358 g/mol. The van der Waals surface area contributed by atoms with Crippen molar-refractivity contribution in [2.24, 2.45) is 0 Å². The monoisotopic (exact) mass is 358 g/mol. The van der Waals surface area contributed by atoms with Gasteiger partial charge in [-0.05, 0) is 29.7 Å². The number of nitrogens with one attached hydrogen (secondary N) is 2. The van der Waals surface area contributed by atoms with Gasteiger partial charge in [0.05, 0.1) is 0 Å². The number of hydrogen-bond donors (Lipinski definition) is 2. The van der Waals surface area contributed by atoms with Gasteiger partial charge in [0.2, 0.25) is 0 Å². The molecule has 0 saturated heterocycles. The topological polar surface area (TPSA) is 58.2 Å². The quantitative estimate of drug-likeness (QED) is 0.655. The number of benzene rings is 3. The Labute approximate surface area is 159 Å². The summed E-state index contributed by atoms with van der Waals surface area (Å²) in [5, 5.41) is 5.31. The Hall–Kier alpha value is -3.40. The zero-order chi connectivity index (χ0) is 18.9. The van der Waals surface area contributed by atoms with E-state index in [1.165, 1.54) is 11.1 Å². The third kappa shape index (κ3) is 5.28. The zero-order valence-corrected chi connectivity index (χ0v) is 15.0. The maximum absolute atomic E-state index is 12.1. The van der Waals surface area contributed by atoms with Gasteiger partial charge in [-0.25, -0.2) is 0 Å². The van der Waals surface area contributed by atoms with Gasteiger partial charge in [0.1, 0.15) is 0 Å². The van der Waals surface area contributed by atoms with Crippen LogP contribution >= 0.6 is 0 Å². The fourth-order valence-corrected chi connectivity index (χ4v) is 3.02. The van der Waals surface area contributed by atoms with Crippen molar-refractivity contribution in [2.75, 3.05) is 11.9 Å². The summed E-state index contributed by atoms with van der Waals surface area (Å²) in [4.78, 5) is 24.1. The van der Waals surface area contributed by atoms with E-state index >= 15 is 0 Å². The van der Waals surface area contributed by atoms with Crippen molar-refractivity contribution in [3.8, 4) is 0 Å². The molecule has 0 atom stereocenters. The molecule has 0 aromatic heterocycles. The number of hydrogen-bond acceptors (Lipinski definition) is 2. The molecule has 0 fully saturated rings. The molecule has 3 aromatic rings. The molecule has 0 bridgehead atoms. The predicted molar refractivity (Wildman–Crippen MR) is 107 cm³/mol. The van der Waals surface area contributed by atoms with Crippen LogP contribution in [0.1, 0.15) is 23.5 Å². The Kier molecular flexibility index (Phi) is 6.36. The smallest absolute Gasteiger partial charge is 0.313 e. The van der Waals surface area contributed by atoms with E-state index < -0.39 is 11.8 Å². The summed E-state index contributed by atoms with van der Waals surface area (Å²) >= 11 is 0. The van der Waals surface area contributed by atoms with Crippen LogP contribution in [0, 0.1) is 0 Å². The molecule has 0 aliphatic rings. The van der Waals surface area contributed by atoms with Crippen molar-refractivity contribution in [1.29, 1.82) is 0 Å². The van der Waals surface area contributed by atoms with Gasteiger partial charge < -0.3 is 10.6 Å². The third-order valence-electron chi connectivity index (χ3n) is 4.36. The van der Waals surface area contributed by atoms with E-state index in [0.717, 1.165) is 0 Å². The second-order valence-electron chi connectivity index (χ2n) is 6.24. The number of carbonyl (C=O) groups is 2. The number of carbonyl (C=O) groups excluding carboxylic acids is 2. The number of anilines is 1. The predicted octanol–water partition coefficient (Wildman–Crippen LogP) is 3.96. The summed E-state index contributed by atoms with van der Waals surface area (Å²) in [6, 6.07) is 29.3. The first-order valence-corrected chi connectivity index (χ1v) is 8.98.